The molecule has 0 saturated carbocycles. The van der Waals surface area contributed by atoms with Gasteiger partial charge in [0.2, 0.25) is 0 Å². The number of thiazole rings is 1. The minimum atomic E-state index is -3.84. The van der Waals surface area contributed by atoms with Gasteiger partial charge in [0.1, 0.15) is 10.6 Å². The number of nitrogens with zero attached hydrogens (tertiary/aromatic N) is 1. The first-order valence-electron chi connectivity index (χ1n) is 8.59. The summed E-state index contributed by atoms with van der Waals surface area (Å²) >= 11 is 6.75. The molecule has 3 aromatic rings. The van der Waals surface area contributed by atoms with E-state index < -0.39 is 15.9 Å². The number of amides is 1. The number of carbonyl (C=O) groups excluding carboxylic acids is 1. The fourth-order valence-electron chi connectivity index (χ4n) is 2.47. The molecule has 0 radical (unpaired) electrons. The Morgan fingerprint density at radius 3 is 2.55 bits per heavy atom. The Hall–Kier alpha value is -2.62. The number of ether oxygens (including phenoxy) is 1. The highest BCUT2D eigenvalue weighted by atomic mass is 35.5. The van der Waals surface area contributed by atoms with Crippen LogP contribution in [0.2, 0.25) is 5.02 Å². The zero-order valence-corrected chi connectivity index (χ0v) is 18.0. The van der Waals surface area contributed by atoms with Crippen molar-refractivity contribution in [3.05, 3.63) is 64.1 Å². The van der Waals surface area contributed by atoms with E-state index in [0.717, 1.165) is 11.3 Å². The van der Waals surface area contributed by atoms with Crippen LogP contribution >= 0.6 is 22.9 Å². The predicted molar refractivity (Wildman–Crippen MR) is 115 cm³/mol. The Kier molecular flexibility index (Phi) is 6.41. The van der Waals surface area contributed by atoms with Gasteiger partial charge >= 0.3 is 0 Å². The van der Waals surface area contributed by atoms with Crippen LogP contribution in [0.3, 0.4) is 0 Å². The van der Waals surface area contributed by atoms with E-state index in [0.29, 0.717) is 33.6 Å². The molecule has 1 amide bonds. The molecule has 1 heterocycles. The Morgan fingerprint density at radius 2 is 1.86 bits per heavy atom. The van der Waals surface area contributed by atoms with E-state index in [4.69, 9.17) is 16.3 Å². The van der Waals surface area contributed by atoms with E-state index in [1.54, 1.807) is 25.1 Å². The molecular weight excluding hydrogens is 434 g/mol. The second kappa shape index (κ2) is 8.81. The maximum atomic E-state index is 12.7. The molecule has 0 fully saturated rings. The van der Waals surface area contributed by atoms with Gasteiger partial charge in [0.25, 0.3) is 15.9 Å². The number of rotatable bonds is 7. The molecule has 0 aliphatic rings. The number of benzene rings is 2. The van der Waals surface area contributed by atoms with Gasteiger partial charge in [0.15, 0.2) is 5.13 Å². The van der Waals surface area contributed by atoms with Gasteiger partial charge in [-0.15, -0.1) is 0 Å². The van der Waals surface area contributed by atoms with Gasteiger partial charge < -0.3 is 10.1 Å². The number of nitrogens with one attached hydrogen (secondary N) is 2. The number of carbonyl (C=O) groups is 1. The fourth-order valence-corrected chi connectivity index (χ4v) is 4.69. The maximum absolute atomic E-state index is 12.7. The van der Waals surface area contributed by atoms with Crippen molar-refractivity contribution in [3.63, 3.8) is 0 Å². The van der Waals surface area contributed by atoms with E-state index in [1.165, 1.54) is 24.3 Å². The molecule has 3 rings (SSSR count). The van der Waals surface area contributed by atoms with Crippen LogP contribution in [-0.2, 0) is 10.0 Å². The summed E-state index contributed by atoms with van der Waals surface area (Å²) in [7, 11) is -3.84. The van der Waals surface area contributed by atoms with E-state index in [9.17, 15) is 13.2 Å². The Bertz CT molecular complexity index is 1130. The molecule has 0 atom stereocenters. The lowest BCUT2D eigenvalue weighted by molar-refractivity contribution is 0.102. The molecule has 0 bridgehead atoms. The highest BCUT2D eigenvalue weighted by Crippen LogP contribution is 2.29. The topological polar surface area (TPSA) is 97.4 Å². The standard InChI is InChI=1S/C19H18ClN3O4S2/c1-3-27-16-7-5-4-6-15(16)22-18(24)17-12(2)21-19(28-17)23-29(25,26)14-10-8-13(20)9-11-14/h4-11H,3H2,1-2H3,(H,21,23)(H,22,24). The smallest absolute Gasteiger partial charge is 0.267 e. The number of sulfonamides is 1. The quantitative estimate of drug-likeness (QED) is 0.549. The largest absolute Gasteiger partial charge is 0.492 e. The van der Waals surface area contributed by atoms with Crippen molar-refractivity contribution in [1.29, 1.82) is 0 Å². The maximum Gasteiger partial charge on any atom is 0.267 e. The summed E-state index contributed by atoms with van der Waals surface area (Å²) in [5.74, 6) is 0.151. The molecule has 7 nitrogen and oxygen atoms in total. The van der Waals surface area contributed by atoms with Crippen LogP contribution in [0.4, 0.5) is 10.8 Å². The first-order valence-corrected chi connectivity index (χ1v) is 11.3. The summed E-state index contributed by atoms with van der Waals surface area (Å²) in [6, 6.07) is 12.8. The van der Waals surface area contributed by atoms with E-state index in [-0.39, 0.29) is 10.0 Å². The lowest BCUT2D eigenvalue weighted by atomic mass is 10.2. The molecule has 1 aromatic heterocycles. The molecule has 0 saturated heterocycles. The normalized spacial score (nSPS) is 11.1. The van der Waals surface area contributed by atoms with Gasteiger partial charge in [-0.2, -0.15) is 0 Å². The average Bonchev–Trinajstić information content (AvgIpc) is 3.03. The molecule has 0 unspecified atom stereocenters. The van der Waals surface area contributed by atoms with Crippen molar-refractivity contribution in [3.8, 4) is 5.75 Å². The van der Waals surface area contributed by atoms with Crippen LogP contribution in [0.5, 0.6) is 5.75 Å². The predicted octanol–water partition coefficient (Wildman–Crippen LogP) is 4.56. The lowest BCUT2D eigenvalue weighted by Gasteiger charge is -2.10. The molecule has 152 valence electrons. The van der Waals surface area contributed by atoms with Crippen molar-refractivity contribution in [2.24, 2.45) is 0 Å². The van der Waals surface area contributed by atoms with Crippen molar-refractivity contribution >= 4 is 49.7 Å². The highest BCUT2D eigenvalue weighted by molar-refractivity contribution is 7.93. The van der Waals surface area contributed by atoms with Gasteiger partial charge in [-0.25, -0.2) is 13.4 Å². The van der Waals surface area contributed by atoms with Crippen molar-refractivity contribution in [2.75, 3.05) is 16.6 Å². The zero-order chi connectivity index (χ0) is 21.0. The molecule has 2 N–H and O–H groups in total. The third-order valence-electron chi connectivity index (χ3n) is 3.78. The zero-order valence-electron chi connectivity index (χ0n) is 15.6. The van der Waals surface area contributed by atoms with Crippen LogP contribution < -0.4 is 14.8 Å². The van der Waals surface area contributed by atoms with Crippen molar-refractivity contribution in [1.82, 2.24) is 4.98 Å². The Morgan fingerprint density at radius 1 is 1.17 bits per heavy atom. The number of halogens is 1. The van der Waals surface area contributed by atoms with E-state index >= 15 is 0 Å². The third-order valence-corrected chi connectivity index (χ3v) is 6.59. The van der Waals surface area contributed by atoms with Crippen LogP contribution in [-0.4, -0.2) is 25.9 Å². The van der Waals surface area contributed by atoms with Crippen LogP contribution in [0.1, 0.15) is 22.3 Å². The second-order valence-electron chi connectivity index (χ2n) is 5.88. The number of aryl methyl sites for hydroxylation is 1. The summed E-state index contributed by atoms with van der Waals surface area (Å²) in [6.45, 7) is 3.95. The molecule has 10 heteroatoms. The average molecular weight is 452 g/mol. The van der Waals surface area contributed by atoms with E-state index in [1.807, 2.05) is 13.0 Å². The monoisotopic (exact) mass is 451 g/mol. The summed E-state index contributed by atoms with van der Waals surface area (Å²) in [6.07, 6.45) is 0. The number of aromatic nitrogens is 1. The number of anilines is 2. The highest BCUT2D eigenvalue weighted by Gasteiger charge is 2.21. The van der Waals surface area contributed by atoms with Gasteiger partial charge in [-0.05, 0) is 50.2 Å². The Labute approximate surface area is 177 Å². The molecule has 0 aliphatic carbocycles. The van der Waals surface area contributed by atoms with Crippen molar-refractivity contribution in [2.45, 2.75) is 18.7 Å². The Balaban J connectivity index is 1.80. The molecule has 0 spiro atoms. The van der Waals surface area contributed by atoms with Crippen LogP contribution in [0.25, 0.3) is 0 Å². The van der Waals surface area contributed by atoms with Crippen LogP contribution in [0.15, 0.2) is 53.4 Å². The molecule has 29 heavy (non-hydrogen) atoms. The summed E-state index contributed by atoms with van der Waals surface area (Å²) in [5, 5.41) is 3.31. The molecule has 2 aromatic carbocycles. The number of para-hydroxylation sites is 2. The number of hydrogen-bond donors (Lipinski definition) is 2. The van der Waals surface area contributed by atoms with Gasteiger partial charge in [0, 0.05) is 5.02 Å². The lowest BCUT2D eigenvalue weighted by Crippen LogP contribution is -2.12. The minimum Gasteiger partial charge on any atom is -0.492 e. The van der Waals surface area contributed by atoms with Gasteiger partial charge in [0.05, 0.1) is 22.9 Å². The number of hydrogen-bond acceptors (Lipinski definition) is 6. The minimum absolute atomic E-state index is 0.0476. The van der Waals surface area contributed by atoms with Gasteiger partial charge in [-0.1, -0.05) is 35.1 Å². The van der Waals surface area contributed by atoms with Crippen LogP contribution in [0, 0.1) is 6.92 Å². The first-order chi connectivity index (χ1) is 13.8. The second-order valence-corrected chi connectivity index (χ2v) is 8.99. The molecular formula is C19H18ClN3O4S2. The fraction of sp³-hybridized carbons (Fsp3) is 0.158. The summed E-state index contributed by atoms with van der Waals surface area (Å²) in [5.41, 5.74) is 0.936. The summed E-state index contributed by atoms with van der Waals surface area (Å²) in [4.78, 5) is 17.2. The SMILES string of the molecule is CCOc1ccccc1NC(=O)c1sc(NS(=O)(=O)c2ccc(Cl)cc2)nc1C. The molecule has 0 aliphatic heterocycles. The van der Waals surface area contributed by atoms with E-state index in [2.05, 4.69) is 15.0 Å². The third kappa shape index (κ3) is 5.06. The first kappa shape index (κ1) is 21.1. The van der Waals surface area contributed by atoms with Gasteiger partial charge in [-0.3, -0.25) is 9.52 Å². The summed E-state index contributed by atoms with van der Waals surface area (Å²) < 4.78 is 32.9. The van der Waals surface area contributed by atoms with Crippen molar-refractivity contribution < 1.29 is 17.9 Å².